The normalized spacial score (nSPS) is 11.9. The van der Waals surface area contributed by atoms with Gasteiger partial charge in [0.15, 0.2) is 6.61 Å². The molecule has 36 heavy (non-hydrogen) atoms. The van der Waals surface area contributed by atoms with Crippen LogP contribution in [-0.4, -0.2) is 24.7 Å². The molecule has 1 amide bonds. The molecule has 1 heterocycles. The fourth-order valence-electron chi connectivity index (χ4n) is 4.04. The van der Waals surface area contributed by atoms with Gasteiger partial charge in [-0.3, -0.25) is 4.79 Å². The average molecular weight is 555 g/mol. The van der Waals surface area contributed by atoms with Crippen LogP contribution >= 0.6 is 15.9 Å². The SMILES string of the molecule is CC(C)(C)CC(C)(C)c1ccc(OCC(=O)N/N=C/c2cc(Br)ccc2OC(=O)c2ccco2)cc1. The average Bonchev–Trinajstić information content (AvgIpc) is 3.33. The van der Waals surface area contributed by atoms with E-state index >= 15 is 0 Å². The van der Waals surface area contributed by atoms with E-state index in [2.05, 4.69) is 61.1 Å². The van der Waals surface area contributed by atoms with Crippen LogP contribution in [0.15, 0.2) is 74.9 Å². The molecule has 0 aliphatic carbocycles. The number of nitrogens with zero attached hydrogens (tertiary/aromatic N) is 1. The van der Waals surface area contributed by atoms with Crippen molar-refractivity contribution in [1.29, 1.82) is 0 Å². The Morgan fingerprint density at radius 2 is 1.78 bits per heavy atom. The Morgan fingerprint density at radius 3 is 2.42 bits per heavy atom. The molecule has 8 heteroatoms. The molecule has 0 saturated heterocycles. The highest BCUT2D eigenvalue weighted by molar-refractivity contribution is 9.10. The summed E-state index contributed by atoms with van der Waals surface area (Å²) in [5.41, 5.74) is 4.37. The Labute approximate surface area is 220 Å². The summed E-state index contributed by atoms with van der Waals surface area (Å²) in [6.45, 7) is 11.0. The molecule has 0 fully saturated rings. The lowest BCUT2D eigenvalue weighted by Crippen LogP contribution is -2.25. The maximum Gasteiger partial charge on any atom is 0.379 e. The van der Waals surface area contributed by atoms with Gasteiger partial charge < -0.3 is 13.9 Å². The molecular weight excluding hydrogens is 524 g/mol. The van der Waals surface area contributed by atoms with Gasteiger partial charge in [-0.1, -0.05) is 62.7 Å². The largest absolute Gasteiger partial charge is 0.484 e. The van der Waals surface area contributed by atoms with Crippen LogP contribution in [0.25, 0.3) is 0 Å². The van der Waals surface area contributed by atoms with Gasteiger partial charge in [-0.05, 0) is 65.3 Å². The Balaban J connectivity index is 1.55. The summed E-state index contributed by atoms with van der Waals surface area (Å²) in [4.78, 5) is 24.4. The molecule has 7 nitrogen and oxygen atoms in total. The summed E-state index contributed by atoms with van der Waals surface area (Å²) in [6.07, 6.45) is 3.82. The summed E-state index contributed by atoms with van der Waals surface area (Å²) in [5, 5.41) is 3.97. The summed E-state index contributed by atoms with van der Waals surface area (Å²) in [5.74, 6) is -0.112. The number of rotatable bonds is 9. The fraction of sp³-hybridized carbons (Fsp3) is 0.321. The molecule has 0 aliphatic heterocycles. The van der Waals surface area contributed by atoms with Crippen molar-refractivity contribution >= 4 is 34.0 Å². The van der Waals surface area contributed by atoms with Gasteiger partial charge in [0.2, 0.25) is 5.76 Å². The molecule has 1 N–H and O–H groups in total. The fourth-order valence-corrected chi connectivity index (χ4v) is 4.42. The summed E-state index contributed by atoms with van der Waals surface area (Å²) in [7, 11) is 0. The molecule has 1 aromatic heterocycles. The van der Waals surface area contributed by atoms with Crippen LogP contribution in [0.4, 0.5) is 0 Å². The highest BCUT2D eigenvalue weighted by Gasteiger charge is 2.27. The zero-order valence-corrected chi connectivity index (χ0v) is 22.7. The number of esters is 1. The second kappa shape index (κ2) is 11.6. The third-order valence-corrected chi connectivity index (χ3v) is 5.76. The number of hydrogen-bond donors (Lipinski definition) is 1. The number of carbonyl (C=O) groups excluding carboxylic acids is 2. The maximum absolute atomic E-state index is 12.2. The number of halogens is 1. The van der Waals surface area contributed by atoms with Crippen molar-refractivity contribution in [2.24, 2.45) is 10.5 Å². The second-order valence-corrected chi connectivity index (χ2v) is 11.2. The van der Waals surface area contributed by atoms with Crippen LogP contribution < -0.4 is 14.9 Å². The first-order valence-corrected chi connectivity index (χ1v) is 12.3. The topological polar surface area (TPSA) is 90.1 Å². The third-order valence-electron chi connectivity index (χ3n) is 5.27. The Bertz CT molecular complexity index is 1210. The molecule has 0 radical (unpaired) electrons. The van der Waals surface area contributed by atoms with Gasteiger partial charge in [-0.15, -0.1) is 0 Å². The number of benzene rings is 2. The summed E-state index contributed by atoms with van der Waals surface area (Å²) >= 11 is 3.38. The monoisotopic (exact) mass is 554 g/mol. The van der Waals surface area contributed by atoms with Crippen molar-refractivity contribution in [3.05, 3.63) is 82.2 Å². The lowest BCUT2D eigenvalue weighted by Gasteiger charge is -2.33. The number of amides is 1. The highest BCUT2D eigenvalue weighted by atomic mass is 79.9. The van der Waals surface area contributed by atoms with Gasteiger partial charge in [-0.2, -0.15) is 5.10 Å². The molecule has 0 unspecified atom stereocenters. The van der Waals surface area contributed by atoms with Gasteiger partial charge in [0.1, 0.15) is 11.5 Å². The molecule has 2 aromatic carbocycles. The van der Waals surface area contributed by atoms with Crippen molar-refractivity contribution in [2.45, 2.75) is 46.5 Å². The first-order valence-electron chi connectivity index (χ1n) is 11.5. The lowest BCUT2D eigenvalue weighted by molar-refractivity contribution is -0.123. The quantitative estimate of drug-likeness (QED) is 0.141. The first kappa shape index (κ1) is 27.2. The number of hydrogen-bond acceptors (Lipinski definition) is 6. The summed E-state index contributed by atoms with van der Waals surface area (Å²) < 4.78 is 16.8. The van der Waals surface area contributed by atoms with E-state index in [0.29, 0.717) is 11.3 Å². The minimum Gasteiger partial charge on any atom is -0.484 e. The van der Waals surface area contributed by atoms with Crippen molar-refractivity contribution < 1.29 is 23.5 Å². The predicted molar refractivity (Wildman–Crippen MR) is 143 cm³/mol. The number of furan rings is 1. The van der Waals surface area contributed by atoms with Gasteiger partial charge >= 0.3 is 5.97 Å². The third kappa shape index (κ3) is 8.09. The van der Waals surface area contributed by atoms with Gasteiger partial charge in [0.25, 0.3) is 5.91 Å². The van der Waals surface area contributed by atoms with E-state index in [1.165, 1.54) is 24.1 Å². The van der Waals surface area contributed by atoms with Crippen LogP contribution in [0, 0.1) is 5.41 Å². The molecule has 0 saturated carbocycles. The van der Waals surface area contributed by atoms with Crippen molar-refractivity contribution in [1.82, 2.24) is 5.43 Å². The van der Waals surface area contributed by atoms with Crippen LogP contribution in [0.1, 0.15) is 62.7 Å². The van der Waals surface area contributed by atoms with Gasteiger partial charge in [0, 0.05) is 10.0 Å². The van der Waals surface area contributed by atoms with Gasteiger partial charge in [0.05, 0.1) is 12.5 Å². The van der Waals surface area contributed by atoms with E-state index in [9.17, 15) is 9.59 Å². The number of nitrogens with one attached hydrogen (secondary N) is 1. The second-order valence-electron chi connectivity index (χ2n) is 10.3. The predicted octanol–water partition coefficient (Wildman–Crippen LogP) is 6.50. The highest BCUT2D eigenvalue weighted by Crippen LogP contribution is 2.36. The Kier molecular flexibility index (Phi) is 8.74. The Hall–Kier alpha value is -3.39. The summed E-state index contributed by atoms with van der Waals surface area (Å²) in [6, 6.07) is 16.0. The zero-order chi connectivity index (χ0) is 26.3. The van der Waals surface area contributed by atoms with E-state index in [4.69, 9.17) is 13.9 Å². The van der Waals surface area contributed by atoms with Crippen molar-refractivity contribution in [3.63, 3.8) is 0 Å². The van der Waals surface area contributed by atoms with Crippen LogP contribution in [0.2, 0.25) is 0 Å². The number of hydrazone groups is 1. The molecule has 190 valence electrons. The van der Waals surface area contributed by atoms with E-state index < -0.39 is 11.9 Å². The lowest BCUT2D eigenvalue weighted by atomic mass is 9.72. The minimum absolute atomic E-state index is 0.0282. The standard InChI is InChI=1S/C28H31BrN2O5/c1-27(2,3)18-28(4,5)20-8-11-22(12-9-20)35-17-25(32)31-30-16-19-15-21(29)10-13-23(19)36-26(33)24-7-6-14-34-24/h6-16H,17-18H2,1-5H3,(H,31,32)/b30-16+. The Morgan fingerprint density at radius 1 is 1.06 bits per heavy atom. The first-order chi connectivity index (χ1) is 16.9. The van der Waals surface area contributed by atoms with E-state index in [0.717, 1.165) is 10.9 Å². The van der Waals surface area contributed by atoms with E-state index in [1.54, 1.807) is 24.3 Å². The van der Waals surface area contributed by atoms with Crippen molar-refractivity contribution in [2.75, 3.05) is 6.61 Å². The molecule has 0 aliphatic rings. The molecule has 0 bridgehead atoms. The van der Waals surface area contributed by atoms with E-state index in [-0.39, 0.29) is 28.9 Å². The van der Waals surface area contributed by atoms with Crippen LogP contribution in [0.3, 0.4) is 0 Å². The minimum atomic E-state index is -0.637. The van der Waals surface area contributed by atoms with Crippen LogP contribution in [-0.2, 0) is 10.2 Å². The molecule has 3 aromatic rings. The van der Waals surface area contributed by atoms with Gasteiger partial charge in [-0.25, -0.2) is 10.2 Å². The van der Waals surface area contributed by atoms with E-state index in [1.807, 2.05) is 24.3 Å². The molecule has 0 spiro atoms. The van der Waals surface area contributed by atoms with Crippen LogP contribution in [0.5, 0.6) is 11.5 Å². The number of ether oxygens (including phenoxy) is 2. The molecular formula is C28H31BrN2O5. The smallest absolute Gasteiger partial charge is 0.379 e. The maximum atomic E-state index is 12.2. The zero-order valence-electron chi connectivity index (χ0n) is 21.1. The molecule has 0 atom stereocenters. The number of carbonyl (C=O) groups is 2. The molecule has 3 rings (SSSR count). The van der Waals surface area contributed by atoms with Crippen molar-refractivity contribution in [3.8, 4) is 11.5 Å².